The van der Waals surface area contributed by atoms with Crippen molar-refractivity contribution in [2.45, 2.75) is 6.92 Å². The molecule has 0 saturated heterocycles. The molecule has 0 atom stereocenters. The minimum Gasteiger partial charge on any atom is -0.422 e. The van der Waals surface area contributed by atoms with E-state index in [1.165, 1.54) is 0 Å². The second-order valence-corrected chi connectivity index (χ2v) is 9.03. The average molecular weight is 500 g/mol. The molecule has 6 aromatic rings. The molecule has 0 fully saturated rings. The first kappa shape index (κ1) is 23.2. The number of para-hydroxylation sites is 2. The van der Waals surface area contributed by atoms with E-state index in [1.54, 1.807) is 54.6 Å². The Balaban J connectivity index is 1.23. The number of hydrogen-bond acceptors (Lipinski definition) is 5. The molecule has 0 aliphatic rings. The smallest absolute Gasteiger partial charge is 0.344 e. The zero-order valence-corrected chi connectivity index (χ0v) is 20.4. The Morgan fingerprint density at radius 3 is 1.84 bits per heavy atom. The van der Waals surface area contributed by atoms with Gasteiger partial charge in [-0.25, -0.2) is 9.59 Å². The summed E-state index contributed by atoms with van der Waals surface area (Å²) in [5.41, 5.74) is 4.38. The van der Waals surface area contributed by atoms with Gasteiger partial charge in [0.1, 0.15) is 11.2 Å². The minimum atomic E-state index is -0.433. The first-order valence-corrected chi connectivity index (χ1v) is 12.0. The van der Waals surface area contributed by atoms with Crippen LogP contribution >= 0.6 is 0 Å². The van der Waals surface area contributed by atoms with Crippen molar-refractivity contribution < 1.29 is 13.6 Å². The highest BCUT2D eigenvalue weighted by atomic mass is 16.4. The summed E-state index contributed by atoms with van der Waals surface area (Å²) in [4.78, 5) is 38.0. The zero-order chi connectivity index (χ0) is 26.2. The molecular weight excluding hydrogens is 478 g/mol. The number of anilines is 1. The molecule has 184 valence electrons. The van der Waals surface area contributed by atoms with Gasteiger partial charge in [-0.2, -0.15) is 0 Å². The molecule has 6 nitrogen and oxygen atoms in total. The predicted octanol–water partition coefficient (Wildman–Crippen LogP) is 6.79. The molecule has 1 N–H and O–H groups in total. The number of fused-ring (bicyclic) bond motifs is 2. The maximum Gasteiger partial charge on any atom is 0.344 e. The van der Waals surface area contributed by atoms with Crippen LogP contribution in [0.1, 0.15) is 15.9 Å². The second-order valence-electron chi connectivity index (χ2n) is 9.03. The summed E-state index contributed by atoms with van der Waals surface area (Å²) in [7, 11) is 0. The van der Waals surface area contributed by atoms with Gasteiger partial charge >= 0.3 is 11.3 Å². The standard InChI is InChI=1S/C32H21NO5/c1-19-16-24(14-15-25(19)27-18-23-7-3-5-9-29(23)38-32(27)36)33-30(34)21-12-10-20(11-13-21)26-17-22-6-2-4-8-28(22)37-31(26)35/h2-18H,1H3,(H,33,34). The molecule has 4 aromatic carbocycles. The highest BCUT2D eigenvalue weighted by Crippen LogP contribution is 2.27. The normalized spacial score (nSPS) is 11.1. The lowest BCUT2D eigenvalue weighted by atomic mass is 10.00. The molecule has 6 rings (SSSR count). The summed E-state index contributed by atoms with van der Waals surface area (Å²) in [6, 6.07) is 30.4. The van der Waals surface area contributed by atoms with Gasteiger partial charge in [0.05, 0.1) is 11.1 Å². The Morgan fingerprint density at radius 2 is 1.21 bits per heavy atom. The third kappa shape index (κ3) is 4.29. The van der Waals surface area contributed by atoms with Crippen LogP contribution in [0.25, 0.3) is 44.2 Å². The number of carbonyl (C=O) groups is 1. The van der Waals surface area contributed by atoms with E-state index >= 15 is 0 Å². The summed E-state index contributed by atoms with van der Waals surface area (Å²) in [6.45, 7) is 1.88. The van der Waals surface area contributed by atoms with Gasteiger partial charge in [0.25, 0.3) is 5.91 Å². The van der Waals surface area contributed by atoms with E-state index in [1.807, 2.05) is 55.5 Å². The zero-order valence-electron chi connectivity index (χ0n) is 20.4. The largest absolute Gasteiger partial charge is 0.422 e. The SMILES string of the molecule is Cc1cc(NC(=O)c2ccc(-c3cc4ccccc4oc3=O)cc2)ccc1-c1cc2ccccc2oc1=O. The lowest BCUT2D eigenvalue weighted by Gasteiger charge is -2.10. The Bertz CT molecular complexity index is 1970. The van der Waals surface area contributed by atoms with Crippen LogP contribution in [-0.2, 0) is 0 Å². The molecule has 0 spiro atoms. The topological polar surface area (TPSA) is 89.5 Å². The van der Waals surface area contributed by atoms with E-state index in [9.17, 15) is 14.4 Å². The molecule has 0 aliphatic heterocycles. The van der Waals surface area contributed by atoms with Gasteiger partial charge in [0.15, 0.2) is 0 Å². The maximum absolute atomic E-state index is 12.9. The number of benzene rings is 4. The first-order valence-electron chi connectivity index (χ1n) is 12.0. The van der Waals surface area contributed by atoms with E-state index in [0.717, 1.165) is 21.9 Å². The molecule has 0 aliphatic carbocycles. The molecule has 2 aromatic heterocycles. The Hall–Kier alpha value is -5.23. The molecule has 6 heteroatoms. The number of carbonyl (C=O) groups excluding carboxylic acids is 1. The van der Waals surface area contributed by atoms with Crippen LogP contribution < -0.4 is 16.6 Å². The van der Waals surface area contributed by atoms with Gasteiger partial charge < -0.3 is 14.2 Å². The lowest BCUT2D eigenvalue weighted by molar-refractivity contribution is 0.102. The summed E-state index contributed by atoms with van der Waals surface area (Å²) in [6.07, 6.45) is 0. The molecule has 38 heavy (non-hydrogen) atoms. The van der Waals surface area contributed by atoms with Gasteiger partial charge in [0.2, 0.25) is 0 Å². The van der Waals surface area contributed by atoms with E-state index in [4.69, 9.17) is 8.83 Å². The monoisotopic (exact) mass is 499 g/mol. The summed E-state index contributed by atoms with van der Waals surface area (Å²) < 4.78 is 10.9. The summed E-state index contributed by atoms with van der Waals surface area (Å²) >= 11 is 0. The molecule has 0 radical (unpaired) electrons. The van der Waals surface area contributed by atoms with Crippen molar-refractivity contribution in [3.8, 4) is 22.3 Å². The molecule has 0 bridgehead atoms. The molecule has 0 unspecified atom stereocenters. The van der Waals surface area contributed by atoms with Crippen molar-refractivity contribution in [3.63, 3.8) is 0 Å². The molecule has 1 amide bonds. The van der Waals surface area contributed by atoms with Crippen LogP contribution in [0.2, 0.25) is 0 Å². The Labute approximate surface area is 216 Å². The van der Waals surface area contributed by atoms with Crippen molar-refractivity contribution in [3.05, 3.63) is 135 Å². The van der Waals surface area contributed by atoms with Crippen LogP contribution in [-0.4, -0.2) is 5.91 Å². The summed E-state index contributed by atoms with van der Waals surface area (Å²) in [5.74, 6) is -0.292. The molecule has 2 heterocycles. The second kappa shape index (κ2) is 9.33. The van der Waals surface area contributed by atoms with Crippen molar-refractivity contribution in [2.24, 2.45) is 0 Å². The van der Waals surface area contributed by atoms with Crippen LogP contribution in [0.15, 0.2) is 122 Å². The highest BCUT2D eigenvalue weighted by molar-refractivity contribution is 6.04. The fourth-order valence-corrected chi connectivity index (χ4v) is 4.56. The van der Waals surface area contributed by atoms with Gasteiger partial charge in [-0.05, 0) is 72.1 Å². The minimum absolute atomic E-state index is 0.292. The van der Waals surface area contributed by atoms with Crippen LogP contribution in [0.3, 0.4) is 0 Å². The Morgan fingerprint density at radius 1 is 0.632 bits per heavy atom. The quantitative estimate of drug-likeness (QED) is 0.270. The Kier molecular flexibility index (Phi) is 5.69. The van der Waals surface area contributed by atoms with Gasteiger partial charge in [-0.15, -0.1) is 0 Å². The van der Waals surface area contributed by atoms with Gasteiger partial charge in [-0.1, -0.05) is 54.6 Å². The van der Waals surface area contributed by atoms with E-state index < -0.39 is 11.3 Å². The number of nitrogens with one attached hydrogen (secondary N) is 1. The van der Waals surface area contributed by atoms with Crippen molar-refractivity contribution in [1.29, 1.82) is 0 Å². The third-order valence-corrected chi connectivity index (χ3v) is 6.52. The van der Waals surface area contributed by atoms with Crippen LogP contribution in [0.5, 0.6) is 0 Å². The number of aryl methyl sites for hydroxylation is 1. The van der Waals surface area contributed by atoms with Gasteiger partial charge in [0, 0.05) is 22.0 Å². The number of rotatable bonds is 4. The molecular formula is C32H21NO5. The average Bonchev–Trinajstić information content (AvgIpc) is 2.93. The van der Waals surface area contributed by atoms with Crippen LogP contribution in [0, 0.1) is 6.92 Å². The highest BCUT2D eigenvalue weighted by Gasteiger charge is 2.13. The van der Waals surface area contributed by atoms with Crippen molar-refractivity contribution in [2.75, 3.05) is 5.32 Å². The van der Waals surface area contributed by atoms with E-state index in [2.05, 4.69) is 5.32 Å². The predicted molar refractivity (Wildman–Crippen MR) is 149 cm³/mol. The van der Waals surface area contributed by atoms with E-state index in [0.29, 0.717) is 39.1 Å². The number of hydrogen-bond donors (Lipinski definition) is 1. The number of amides is 1. The summed E-state index contributed by atoms with van der Waals surface area (Å²) in [5, 5.41) is 4.56. The van der Waals surface area contributed by atoms with Crippen molar-refractivity contribution in [1.82, 2.24) is 0 Å². The fraction of sp³-hybridized carbons (Fsp3) is 0.0312. The first-order chi connectivity index (χ1) is 18.5. The fourth-order valence-electron chi connectivity index (χ4n) is 4.56. The maximum atomic E-state index is 12.9. The van der Waals surface area contributed by atoms with Gasteiger partial charge in [-0.3, -0.25) is 4.79 Å². The van der Waals surface area contributed by atoms with Crippen LogP contribution in [0.4, 0.5) is 5.69 Å². The van der Waals surface area contributed by atoms with Crippen molar-refractivity contribution >= 4 is 33.5 Å². The lowest BCUT2D eigenvalue weighted by Crippen LogP contribution is -2.12. The molecule has 0 saturated carbocycles. The third-order valence-electron chi connectivity index (χ3n) is 6.52. The van der Waals surface area contributed by atoms with E-state index in [-0.39, 0.29) is 5.91 Å².